The fourth-order valence-corrected chi connectivity index (χ4v) is 1.91. The Morgan fingerprint density at radius 2 is 1.72 bits per heavy atom. The van der Waals surface area contributed by atoms with Crippen molar-refractivity contribution in [1.82, 2.24) is 0 Å². The van der Waals surface area contributed by atoms with E-state index in [0.29, 0.717) is 11.7 Å². The molecule has 0 aliphatic carbocycles. The average molecular weight is 242 g/mol. The minimum atomic E-state index is 0.361. The first-order valence-electron chi connectivity index (χ1n) is 6.07. The minimum Gasteiger partial charge on any atom is -0.382 e. The highest BCUT2D eigenvalue weighted by atomic mass is 16.5. The Bertz CT molecular complexity index is 509. The van der Waals surface area contributed by atoms with Crippen LogP contribution < -0.4 is 10.8 Å². The summed E-state index contributed by atoms with van der Waals surface area (Å²) in [6.07, 6.45) is 0. The first-order chi connectivity index (χ1) is 8.70. The quantitative estimate of drug-likeness (QED) is 0.711. The van der Waals surface area contributed by atoms with Crippen molar-refractivity contribution >= 4 is 11.4 Å². The first-order valence-corrected chi connectivity index (χ1v) is 6.07. The number of hydrogen-bond donors (Lipinski definition) is 3. The van der Waals surface area contributed by atoms with Gasteiger partial charge in [-0.15, -0.1) is 0 Å². The van der Waals surface area contributed by atoms with E-state index >= 15 is 0 Å². The van der Waals surface area contributed by atoms with Gasteiger partial charge in [-0.2, -0.15) is 0 Å². The number of anilines is 2. The molecule has 0 atom stereocenters. The molecule has 0 aromatic heterocycles. The molecule has 0 heterocycles. The predicted octanol–water partition coefficient (Wildman–Crippen LogP) is 3.98. The lowest BCUT2D eigenvalue weighted by Gasteiger charge is -2.16. The third-order valence-corrected chi connectivity index (χ3v) is 2.68. The lowest BCUT2D eigenvalue weighted by Crippen LogP contribution is -2.10. The summed E-state index contributed by atoms with van der Waals surface area (Å²) in [5.41, 5.74) is 6.13. The van der Waals surface area contributed by atoms with Gasteiger partial charge in [0.25, 0.3) is 0 Å². The van der Waals surface area contributed by atoms with Gasteiger partial charge in [-0.25, -0.2) is 0 Å². The second-order valence-electron chi connectivity index (χ2n) is 4.54. The van der Waals surface area contributed by atoms with Crippen LogP contribution in [0.4, 0.5) is 11.4 Å². The Kier molecular flexibility index (Phi) is 3.85. The maximum Gasteiger partial charge on any atom is 0.0609 e. The molecule has 0 saturated heterocycles. The number of hydrogen-bond acceptors (Lipinski definition) is 3. The van der Waals surface area contributed by atoms with Gasteiger partial charge in [0.1, 0.15) is 0 Å². The van der Waals surface area contributed by atoms with Crippen LogP contribution in [0, 0.1) is 0 Å². The third-order valence-electron chi connectivity index (χ3n) is 2.68. The van der Waals surface area contributed by atoms with Crippen molar-refractivity contribution in [2.45, 2.75) is 19.9 Å². The van der Waals surface area contributed by atoms with E-state index in [1.807, 2.05) is 36.4 Å². The normalized spacial score (nSPS) is 10.4. The van der Waals surface area contributed by atoms with E-state index in [1.165, 1.54) is 0 Å². The maximum atomic E-state index is 9.01. The fraction of sp³-hybridized carbons (Fsp3) is 0.200. The SMILES string of the molecule is CC(C)Nc1ccc(NO)cc1-c1ccccc1. The van der Waals surface area contributed by atoms with Gasteiger partial charge in [-0.3, -0.25) is 10.7 Å². The number of rotatable bonds is 4. The smallest absolute Gasteiger partial charge is 0.0609 e. The molecule has 18 heavy (non-hydrogen) atoms. The van der Waals surface area contributed by atoms with E-state index in [2.05, 4.69) is 36.8 Å². The predicted molar refractivity (Wildman–Crippen MR) is 76.0 cm³/mol. The molecule has 3 N–H and O–H groups in total. The van der Waals surface area contributed by atoms with Gasteiger partial charge >= 0.3 is 0 Å². The topological polar surface area (TPSA) is 44.3 Å². The van der Waals surface area contributed by atoms with Crippen LogP contribution in [-0.4, -0.2) is 11.2 Å². The molecule has 0 fully saturated rings. The van der Waals surface area contributed by atoms with Gasteiger partial charge < -0.3 is 5.32 Å². The van der Waals surface area contributed by atoms with E-state index in [-0.39, 0.29) is 0 Å². The molecule has 0 aliphatic heterocycles. The summed E-state index contributed by atoms with van der Waals surface area (Å²) in [6, 6.07) is 16.2. The van der Waals surface area contributed by atoms with E-state index in [4.69, 9.17) is 5.21 Å². The van der Waals surface area contributed by atoms with Crippen molar-refractivity contribution in [2.75, 3.05) is 10.8 Å². The summed E-state index contributed by atoms with van der Waals surface area (Å²) in [5, 5.41) is 12.4. The molecule has 2 aromatic rings. The van der Waals surface area contributed by atoms with Crippen molar-refractivity contribution in [3.8, 4) is 11.1 Å². The summed E-state index contributed by atoms with van der Waals surface area (Å²) < 4.78 is 0. The Morgan fingerprint density at radius 1 is 1.00 bits per heavy atom. The second kappa shape index (κ2) is 5.56. The van der Waals surface area contributed by atoms with Crippen molar-refractivity contribution in [1.29, 1.82) is 0 Å². The van der Waals surface area contributed by atoms with Crippen LogP contribution in [0.1, 0.15) is 13.8 Å². The first kappa shape index (κ1) is 12.5. The van der Waals surface area contributed by atoms with Crippen LogP contribution in [0.3, 0.4) is 0 Å². The molecular weight excluding hydrogens is 224 g/mol. The molecule has 0 spiro atoms. The van der Waals surface area contributed by atoms with E-state index < -0.39 is 0 Å². The Morgan fingerprint density at radius 3 is 2.33 bits per heavy atom. The Hall–Kier alpha value is -2.00. The molecule has 2 aromatic carbocycles. The fourth-order valence-electron chi connectivity index (χ4n) is 1.91. The molecule has 3 nitrogen and oxygen atoms in total. The standard InChI is InChI=1S/C15H18N2O/c1-11(2)16-15-9-8-13(17-18)10-14(15)12-6-4-3-5-7-12/h3-11,16-18H,1-2H3. The molecule has 2 rings (SSSR count). The monoisotopic (exact) mass is 242 g/mol. The molecular formula is C15H18N2O. The van der Waals surface area contributed by atoms with Crippen LogP contribution in [0.2, 0.25) is 0 Å². The van der Waals surface area contributed by atoms with Crippen LogP contribution >= 0.6 is 0 Å². The van der Waals surface area contributed by atoms with E-state index in [0.717, 1.165) is 16.8 Å². The highest BCUT2D eigenvalue weighted by Gasteiger charge is 2.07. The van der Waals surface area contributed by atoms with Crippen LogP contribution in [-0.2, 0) is 0 Å². The number of nitrogens with one attached hydrogen (secondary N) is 2. The molecule has 0 radical (unpaired) electrons. The van der Waals surface area contributed by atoms with Gasteiger partial charge in [-0.05, 0) is 37.6 Å². The number of benzene rings is 2. The lowest BCUT2D eigenvalue weighted by molar-refractivity contribution is 0.389. The highest BCUT2D eigenvalue weighted by molar-refractivity contribution is 5.81. The van der Waals surface area contributed by atoms with Crippen molar-refractivity contribution in [2.24, 2.45) is 0 Å². The summed E-state index contributed by atoms with van der Waals surface area (Å²) >= 11 is 0. The summed E-state index contributed by atoms with van der Waals surface area (Å²) in [7, 11) is 0. The van der Waals surface area contributed by atoms with E-state index in [1.54, 1.807) is 0 Å². The summed E-state index contributed by atoms with van der Waals surface area (Å²) in [6.45, 7) is 4.21. The van der Waals surface area contributed by atoms with Crippen molar-refractivity contribution < 1.29 is 5.21 Å². The molecule has 0 saturated carbocycles. The molecule has 0 aliphatic rings. The van der Waals surface area contributed by atoms with Crippen LogP contribution in [0.15, 0.2) is 48.5 Å². The van der Waals surface area contributed by atoms with Gasteiger partial charge in [0.2, 0.25) is 0 Å². The summed E-state index contributed by atoms with van der Waals surface area (Å²) in [5.74, 6) is 0. The maximum absolute atomic E-state index is 9.01. The molecule has 0 amide bonds. The minimum absolute atomic E-state index is 0.361. The van der Waals surface area contributed by atoms with Gasteiger partial charge in [0.15, 0.2) is 0 Å². The van der Waals surface area contributed by atoms with Crippen molar-refractivity contribution in [3.63, 3.8) is 0 Å². The van der Waals surface area contributed by atoms with Crippen LogP contribution in [0.25, 0.3) is 11.1 Å². The zero-order valence-electron chi connectivity index (χ0n) is 10.6. The van der Waals surface area contributed by atoms with Crippen molar-refractivity contribution in [3.05, 3.63) is 48.5 Å². The highest BCUT2D eigenvalue weighted by Crippen LogP contribution is 2.31. The third kappa shape index (κ3) is 2.81. The molecule has 94 valence electrons. The zero-order chi connectivity index (χ0) is 13.0. The molecule has 3 heteroatoms. The van der Waals surface area contributed by atoms with E-state index in [9.17, 15) is 0 Å². The van der Waals surface area contributed by atoms with Gasteiger partial charge in [0, 0.05) is 17.3 Å². The average Bonchev–Trinajstić information content (AvgIpc) is 2.39. The Balaban J connectivity index is 2.47. The summed E-state index contributed by atoms with van der Waals surface area (Å²) in [4.78, 5) is 0. The second-order valence-corrected chi connectivity index (χ2v) is 4.54. The largest absolute Gasteiger partial charge is 0.382 e. The lowest BCUT2D eigenvalue weighted by atomic mass is 10.0. The molecule has 0 bridgehead atoms. The molecule has 0 unspecified atom stereocenters. The van der Waals surface area contributed by atoms with Crippen LogP contribution in [0.5, 0.6) is 0 Å². The Labute approximate surface area is 107 Å². The zero-order valence-corrected chi connectivity index (χ0v) is 10.6. The van der Waals surface area contributed by atoms with Gasteiger partial charge in [-0.1, -0.05) is 30.3 Å². The van der Waals surface area contributed by atoms with Gasteiger partial charge in [0.05, 0.1) is 5.69 Å².